The monoisotopic (exact) mass is 420 g/mol. The second kappa shape index (κ2) is 8.29. The van der Waals surface area contributed by atoms with Crippen LogP contribution in [0.2, 0.25) is 0 Å². The van der Waals surface area contributed by atoms with E-state index in [1.165, 1.54) is 45.2 Å². The Morgan fingerprint density at radius 3 is 2.71 bits per heavy atom. The number of fused-ring (bicyclic) bond motifs is 4. The predicted molar refractivity (Wildman–Crippen MR) is 125 cm³/mol. The van der Waals surface area contributed by atoms with Crippen LogP contribution in [0.1, 0.15) is 43.2 Å². The van der Waals surface area contributed by atoms with E-state index < -0.39 is 0 Å². The fourth-order valence-electron chi connectivity index (χ4n) is 5.90. The minimum atomic E-state index is -0.357. The molecule has 31 heavy (non-hydrogen) atoms. The zero-order valence-electron chi connectivity index (χ0n) is 18.6. The van der Waals surface area contributed by atoms with E-state index in [2.05, 4.69) is 16.8 Å². The van der Waals surface area contributed by atoms with E-state index in [1.807, 2.05) is 31.2 Å². The largest absolute Gasteiger partial charge is 0.507 e. The Hall–Kier alpha value is -2.37. The molecule has 0 radical (unpaired) electrons. The molecule has 2 aliphatic rings. The van der Waals surface area contributed by atoms with Crippen molar-refractivity contribution in [2.75, 3.05) is 26.7 Å². The van der Waals surface area contributed by atoms with E-state index in [0.29, 0.717) is 29.0 Å². The minimum Gasteiger partial charge on any atom is -0.507 e. The first-order chi connectivity index (χ1) is 15.0. The van der Waals surface area contributed by atoms with Crippen molar-refractivity contribution in [3.63, 3.8) is 0 Å². The van der Waals surface area contributed by atoms with Gasteiger partial charge < -0.3 is 19.3 Å². The SMILES string of the molecule is Cc1c(O)c(CN(C)C[C@@H]2CCCN3CCCC[C@H]23)cc2c1oc(=O)c1ccccc12. The lowest BCUT2D eigenvalue weighted by Crippen LogP contribution is -2.50. The van der Waals surface area contributed by atoms with Gasteiger partial charge in [-0.2, -0.15) is 0 Å². The van der Waals surface area contributed by atoms with E-state index in [9.17, 15) is 9.90 Å². The summed E-state index contributed by atoms with van der Waals surface area (Å²) < 4.78 is 5.59. The van der Waals surface area contributed by atoms with Crippen molar-refractivity contribution in [3.8, 4) is 5.75 Å². The van der Waals surface area contributed by atoms with Crippen LogP contribution in [0.5, 0.6) is 5.75 Å². The highest BCUT2D eigenvalue weighted by Gasteiger charge is 2.33. The Bertz CT molecular complexity index is 1170. The summed E-state index contributed by atoms with van der Waals surface area (Å²) in [6.45, 7) is 6.07. The van der Waals surface area contributed by atoms with Crippen molar-refractivity contribution in [1.82, 2.24) is 9.80 Å². The number of rotatable bonds is 4. The van der Waals surface area contributed by atoms with Crippen molar-refractivity contribution in [2.24, 2.45) is 5.92 Å². The van der Waals surface area contributed by atoms with Crippen molar-refractivity contribution in [3.05, 3.63) is 51.9 Å². The lowest BCUT2D eigenvalue weighted by Gasteiger charge is -2.45. The summed E-state index contributed by atoms with van der Waals surface area (Å²) >= 11 is 0. The Morgan fingerprint density at radius 1 is 1.10 bits per heavy atom. The fraction of sp³-hybridized carbons (Fsp3) is 0.500. The Kier molecular flexibility index (Phi) is 5.49. The molecule has 0 unspecified atom stereocenters. The quantitative estimate of drug-likeness (QED) is 0.492. The maximum absolute atomic E-state index is 12.4. The van der Waals surface area contributed by atoms with Crippen molar-refractivity contribution in [1.29, 1.82) is 0 Å². The molecule has 164 valence electrons. The molecule has 0 bridgehead atoms. The van der Waals surface area contributed by atoms with Gasteiger partial charge in [0.05, 0.1) is 5.39 Å². The molecule has 2 saturated heterocycles. The fourth-order valence-corrected chi connectivity index (χ4v) is 5.90. The highest BCUT2D eigenvalue weighted by Crippen LogP contribution is 2.35. The number of benzene rings is 2. The molecule has 0 aliphatic carbocycles. The third-order valence-corrected chi connectivity index (χ3v) is 7.41. The summed E-state index contributed by atoms with van der Waals surface area (Å²) in [4.78, 5) is 17.5. The van der Waals surface area contributed by atoms with Crippen molar-refractivity contribution < 1.29 is 9.52 Å². The lowest BCUT2D eigenvalue weighted by atomic mass is 9.83. The second-order valence-corrected chi connectivity index (χ2v) is 9.52. The van der Waals surface area contributed by atoms with Crippen LogP contribution in [0, 0.1) is 12.8 Å². The molecule has 3 aromatic rings. The van der Waals surface area contributed by atoms with Gasteiger partial charge >= 0.3 is 5.63 Å². The van der Waals surface area contributed by atoms with E-state index in [-0.39, 0.29) is 11.4 Å². The molecular weight excluding hydrogens is 388 g/mol. The maximum Gasteiger partial charge on any atom is 0.344 e. The molecule has 5 nitrogen and oxygen atoms in total. The Balaban J connectivity index is 1.44. The Morgan fingerprint density at radius 2 is 1.87 bits per heavy atom. The number of hydrogen-bond acceptors (Lipinski definition) is 5. The van der Waals surface area contributed by atoms with Gasteiger partial charge in [0, 0.05) is 35.6 Å². The molecule has 5 heteroatoms. The molecule has 3 heterocycles. The second-order valence-electron chi connectivity index (χ2n) is 9.52. The van der Waals surface area contributed by atoms with Gasteiger partial charge in [-0.3, -0.25) is 0 Å². The predicted octanol–water partition coefficient (Wildman–Crippen LogP) is 4.66. The van der Waals surface area contributed by atoms with Crippen molar-refractivity contribution in [2.45, 2.75) is 51.6 Å². The summed E-state index contributed by atoms with van der Waals surface area (Å²) in [6, 6.07) is 10.3. The smallest absolute Gasteiger partial charge is 0.344 e. The van der Waals surface area contributed by atoms with Gasteiger partial charge in [0.1, 0.15) is 11.3 Å². The number of piperidine rings is 2. The number of aromatic hydroxyl groups is 1. The molecule has 0 amide bonds. The summed E-state index contributed by atoms with van der Waals surface area (Å²) in [7, 11) is 2.16. The topological polar surface area (TPSA) is 56.9 Å². The molecule has 2 aromatic carbocycles. The van der Waals surface area contributed by atoms with Crippen molar-refractivity contribution >= 4 is 21.7 Å². The third kappa shape index (κ3) is 3.74. The zero-order chi connectivity index (χ0) is 21.5. The highest BCUT2D eigenvalue weighted by atomic mass is 16.4. The van der Waals surface area contributed by atoms with Gasteiger partial charge in [0.25, 0.3) is 0 Å². The summed E-state index contributed by atoms with van der Waals surface area (Å²) in [5.74, 6) is 0.933. The molecule has 2 atom stereocenters. The van der Waals surface area contributed by atoms with Crippen LogP contribution in [-0.2, 0) is 6.54 Å². The van der Waals surface area contributed by atoms with Crippen LogP contribution in [0.3, 0.4) is 0 Å². The Labute approximate surface area is 183 Å². The van der Waals surface area contributed by atoms with Gasteiger partial charge in [-0.15, -0.1) is 0 Å². The van der Waals surface area contributed by atoms with Gasteiger partial charge in [-0.05, 0) is 76.2 Å². The molecule has 2 fully saturated rings. The normalized spacial score (nSPS) is 22.3. The van der Waals surface area contributed by atoms with Crippen LogP contribution < -0.4 is 5.63 Å². The summed E-state index contributed by atoms with van der Waals surface area (Å²) in [5.41, 5.74) is 1.66. The molecule has 1 N–H and O–H groups in total. The first kappa shape index (κ1) is 20.5. The van der Waals surface area contributed by atoms with Crippen LogP contribution in [-0.4, -0.2) is 47.6 Å². The average molecular weight is 421 g/mol. The first-order valence-electron chi connectivity index (χ1n) is 11.6. The summed E-state index contributed by atoms with van der Waals surface area (Å²) in [5, 5.41) is 13.3. The van der Waals surface area contributed by atoms with Gasteiger partial charge in [-0.25, -0.2) is 4.79 Å². The van der Waals surface area contributed by atoms with Gasteiger partial charge in [0.15, 0.2) is 0 Å². The number of nitrogens with zero attached hydrogens (tertiary/aromatic N) is 2. The molecule has 5 rings (SSSR count). The molecule has 0 spiro atoms. The minimum absolute atomic E-state index is 0.237. The maximum atomic E-state index is 12.4. The number of hydrogen-bond donors (Lipinski definition) is 1. The number of aryl methyl sites for hydroxylation is 1. The average Bonchev–Trinajstić information content (AvgIpc) is 2.78. The molecule has 0 saturated carbocycles. The lowest BCUT2D eigenvalue weighted by molar-refractivity contribution is 0.0434. The van der Waals surface area contributed by atoms with Gasteiger partial charge in [-0.1, -0.05) is 24.6 Å². The van der Waals surface area contributed by atoms with E-state index in [0.717, 1.165) is 28.9 Å². The van der Waals surface area contributed by atoms with Crippen LogP contribution in [0.4, 0.5) is 0 Å². The van der Waals surface area contributed by atoms with E-state index >= 15 is 0 Å². The molecule has 1 aromatic heterocycles. The molecule has 2 aliphatic heterocycles. The van der Waals surface area contributed by atoms with Crippen LogP contribution in [0.25, 0.3) is 21.7 Å². The molecular formula is C26H32N2O3. The van der Waals surface area contributed by atoms with E-state index in [4.69, 9.17) is 4.42 Å². The first-order valence-corrected chi connectivity index (χ1v) is 11.6. The number of phenolic OH excluding ortho intramolecular Hbond substituents is 1. The standard InChI is InChI=1S/C26H32N2O3/c1-17-24(29)19(14-22-20-9-3-4-10-21(20)26(30)31-25(17)22)16-27(2)15-18-8-7-13-28-12-6-5-11-23(18)28/h3-4,9-10,14,18,23,29H,5-8,11-13,15-16H2,1-2H3/t18-,23+/m0/s1. The van der Waals surface area contributed by atoms with Crippen LogP contribution >= 0.6 is 0 Å². The summed E-state index contributed by atoms with van der Waals surface area (Å²) in [6.07, 6.45) is 6.60. The third-order valence-electron chi connectivity index (χ3n) is 7.41. The van der Waals surface area contributed by atoms with E-state index in [1.54, 1.807) is 6.07 Å². The number of phenols is 1. The van der Waals surface area contributed by atoms with Crippen LogP contribution in [0.15, 0.2) is 39.5 Å². The van der Waals surface area contributed by atoms with Gasteiger partial charge in [0.2, 0.25) is 0 Å². The highest BCUT2D eigenvalue weighted by molar-refractivity contribution is 6.05. The zero-order valence-corrected chi connectivity index (χ0v) is 18.6.